The van der Waals surface area contributed by atoms with E-state index in [-0.39, 0.29) is 5.91 Å². The quantitative estimate of drug-likeness (QED) is 0.810. The van der Waals surface area contributed by atoms with E-state index in [2.05, 4.69) is 5.32 Å². The van der Waals surface area contributed by atoms with Gasteiger partial charge in [-0.05, 0) is 49.3 Å². The van der Waals surface area contributed by atoms with Crippen LogP contribution < -0.4 is 5.32 Å². The van der Waals surface area contributed by atoms with Crippen LogP contribution in [0.2, 0.25) is 0 Å². The van der Waals surface area contributed by atoms with Crippen LogP contribution >= 0.6 is 0 Å². The second kappa shape index (κ2) is 8.67. The molecule has 0 spiro atoms. The summed E-state index contributed by atoms with van der Waals surface area (Å²) in [4.78, 5) is 22.8. The van der Waals surface area contributed by atoms with Crippen LogP contribution in [0.1, 0.15) is 38.2 Å². The van der Waals surface area contributed by atoms with E-state index in [4.69, 9.17) is 9.84 Å². The number of amides is 1. The zero-order chi connectivity index (χ0) is 16.7. The van der Waals surface area contributed by atoms with E-state index in [0.717, 1.165) is 43.7 Å². The van der Waals surface area contributed by atoms with Gasteiger partial charge in [0, 0.05) is 25.3 Å². The number of anilines is 1. The summed E-state index contributed by atoms with van der Waals surface area (Å²) in [7, 11) is 0. The van der Waals surface area contributed by atoms with Gasteiger partial charge >= 0.3 is 5.97 Å². The van der Waals surface area contributed by atoms with Gasteiger partial charge in [-0.15, -0.1) is 0 Å². The fourth-order valence-electron chi connectivity index (χ4n) is 2.76. The molecule has 0 aliphatic carbocycles. The Kier molecular flexibility index (Phi) is 6.59. The molecule has 1 heterocycles. The summed E-state index contributed by atoms with van der Waals surface area (Å²) >= 11 is 0. The minimum Gasteiger partial charge on any atom is -0.481 e. The van der Waals surface area contributed by atoms with E-state index in [9.17, 15) is 9.59 Å². The molecule has 5 heteroatoms. The van der Waals surface area contributed by atoms with Gasteiger partial charge in [0.25, 0.3) is 0 Å². The maximum atomic E-state index is 12.0. The van der Waals surface area contributed by atoms with Gasteiger partial charge in [0.05, 0.1) is 5.92 Å². The first kappa shape index (κ1) is 17.5. The molecule has 0 saturated carbocycles. The molecule has 1 aliphatic rings. The number of benzene rings is 1. The Morgan fingerprint density at radius 2 is 1.91 bits per heavy atom. The second-order valence-corrected chi connectivity index (χ2v) is 6.28. The van der Waals surface area contributed by atoms with Crippen LogP contribution in [-0.2, 0) is 20.7 Å². The standard InChI is InChI=1S/C18H25NO4/c1-13(18(21)22)12-15-2-5-16(6-3-15)19-17(20)7-4-14-8-10-23-11-9-14/h2-3,5-6,13-14H,4,7-12H2,1H3,(H,19,20)(H,21,22). The number of hydrogen-bond acceptors (Lipinski definition) is 3. The summed E-state index contributed by atoms with van der Waals surface area (Å²) in [5, 5.41) is 11.8. The third-order valence-electron chi connectivity index (χ3n) is 4.32. The molecule has 5 nitrogen and oxygen atoms in total. The fourth-order valence-corrected chi connectivity index (χ4v) is 2.76. The lowest BCUT2D eigenvalue weighted by molar-refractivity contribution is -0.141. The summed E-state index contributed by atoms with van der Waals surface area (Å²) < 4.78 is 5.32. The number of carbonyl (C=O) groups is 2. The summed E-state index contributed by atoms with van der Waals surface area (Å²) in [5.74, 6) is -0.581. The van der Waals surface area contributed by atoms with Crippen molar-refractivity contribution >= 4 is 17.6 Å². The van der Waals surface area contributed by atoms with E-state index in [0.29, 0.717) is 18.8 Å². The van der Waals surface area contributed by atoms with Gasteiger partial charge in [-0.25, -0.2) is 0 Å². The third-order valence-corrected chi connectivity index (χ3v) is 4.32. The largest absolute Gasteiger partial charge is 0.481 e. The molecule has 1 aliphatic heterocycles. The molecule has 23 heavy (non-hydrogen) atoms. The first-order chi connectivity index (χ1) is 11.0. The predicted octanol–water partition coefficient (Wildman–Crippen LogP) is 3.10. The van der Waals surface area contributed by atoms with Crippen molar-refractivity contribution in [2.24, 2.45) is 11.8 Å². The highest BCUT2D eigenvalue weighted by atomic mass is 16.5. The van der Waals surface area contributed by atoms with E-state index in [1.165, 1.54) is 0 Å². The van der Waals surface area contributed by atoms with Crippen LogP contribution in [0.25, 0.3) is 0 Å². The van der Waals surface area contributed by atoms with Crippen LogP contribution in [0.3, 0.4) is 0 Å². The molecule has 2 rings (SSSR count). The van der Waals surface area contributed by atoms with Gasteiger partial charge in [-0.3, -0.25) is 9.59 Å². The maximum absolute atomic E-state index is 12.0. The van der Waals surface area contributed by atoms with E-state index in [1.54, 1.807) is 6.92 Å². The molecule has 1 unspecified atom stereocenters. The second-order valence-electron chi connectivity index (χ2n) is 6.28. The summed E-state index contributed by atoms with van der Waals surface area (Å²) in [6.45, 7) is 3.30. The molecule has 2 N–H and O–H groups in total. The van der Waals surface area contributed by atoms with Crippen LogP contribution in [-0.4, -0.2) is 30.2 Å². The first-order valence-corrected chi connectivity index (χ1v) is 8.24. The Hall–Kier alpha value is -1.88. The first-order valence-electron chi connectivity index (χ1n) is 8.24. The molecule has 1 aromatic carbocycles. The number of nitrogens with one attached hydrogen (secondary N) is 1. The monoisotopic (exact) mass is 319 g/mol. The van der Waals surface area contributed by atoms with Crippen LogP contribution in [0, 0.1) is 11.8 Å². The molecule has 1 atom stereocenters. The van der Waals surface area contributed by atoms with Gasteiger partial charge in [0.15, 0.2) is 0 Å². The number of rotatable bonds is 7. The number of carboxylic acids is 1. The lowest BCUT2D eigenvalue weighted by atomic mass is 9.95. The zero-order valence-corrected chi connectivity index (χ0v) is 13.6. The molecular weight excluding hydrogens is 294 g/mol. The molecule has 126 valence electrons. The molecule has 1 fully saturated rings. The maximum Gasteiger partial charge on any atom is 0.306 e. The highest BCUT2D eigenvalue weighted by molar-refractivity contribution is 5.90. The van der Waals surface area contributed by atoms with Crippen LogP contribution in [0.5, 0.6) is 0 Å². The normalized spacial score (nSPS) is 16.7. The zero-order valence-electron chi connectivity index (χ0n) is 13.6. The smallest absolute Gasteiger partial charge is 0.306 e. The lowest BCUT2D eigenvalue weighted by Crippen LogP contribution is -2.18. The molecular formula is C18H25NO4. The number of carboxylic acid groups (broad SMARTS) is 1. The van der Waals surface area contributed by atoms with E-state index >= 15 is 0 Å². The summed E-state index contributed by atoms with van der Waals surface area (Å²) in [6, 6.07) is 7.40. The van der Waals surface area contributed by atoms with Crippen molar-refractivity contribution in [3.05, 3.63) is 29.8 Å². The van der Waals surface area contributed by atoms with E-state index < -0.39 is 11.9 Å². The van der Waals surface area contributed by atoms with Gasteiger partial charge in [-0.2, -0.15) is 0 Å². The predicted molar refractivity (Wildman–Crippen MR) is 88.4 cm³/mol. The molecule has 1 aromatic rings. The Morgan fingerprint density at radius 1 is 1.26 bits per heavy atom. The summed E-state index contributed by atoms with van der Waals surface area (Å²) in [6.07, 6.45) is 4.02. The fraction of sp³-hybridized carbons (Fsp3) is 0.556. The van der Waals surface area contributed by atoms with Gasteiger partial charge in [0.1, 0.15) is 0 Å². The Labute approximate surface area is 137 Å². The van der Waals surface area contributed by atoms with E-state index in [1.807, 2.05) is 24.3 Å². The number of hydrogen-bond donors (Lipinski definition) is 2. The van der Waals surface area contributed by atoms with Gasteiger partial charge in [-0.1, -0.05) is 19.1 Å². The van der Waals surface area contributed by atoms with Crippen molar-refractivity contribution in [3.8, 4) is 0 Å². The lowest BCUT2D eigenvalue weighted by Gasteiger charge is -2.21. The average molecular weight is 319 g/mol. The molecule has 1 amide bonds. The van der Waals surface area contributed by atoms with Crippen molar-refractivity contribution < 1.29 is 19.4 Å². The molecule has 1 saturated heterocycles. The molecule has 0 bridgehead atoms. The Bertz CT molecular complexity index is 520. The molecule has 0 aromatic heterocycles. The van der Waals surface area contributed by atoms with Crippen LogP contribution in [0.15, 0.2) is 24.3 Å². The van der Waals surface area contributed by atoms with Gasteiger partial charge < -0.3 is 15.2 Å². The SMILES string of the molecule is CC(Cc1ccc(NC(=O)CCC2CCOCC2)cc1)C(=O)O. The van der Waals surface area contributed by atoms with Crippen molar-refractivity contribution in [3.63, 3.8) is 0 Å². The minimum absolute atomic E-state index is 0.0307. The minimum atomic E-state index is -0.796. The number of aliphatic carboxylic acids is 1. The van der Waals surface area contributed by atoms with Crippen molar-refractivity contribution in [2.45, 2.75) is 39.0 Å². The Morgan fingerprint density at radius 3 is 2.52 bits per heavy atom. The summed E-state index contributed by atoms with van der Waals surface area (Å²) in [5.41, 5.74) is 1.72. The van der Waals surface area contributed by atoms with Crippen molar-refractivity contribution in [1.82, 2.24) is 0 Å². The Balaban J connectivity index is 1.76. The highest BCUT2D eigenvalue weighted by Gasteiger charge is 2.15. The van der Waals surface area contributed by atoms with Gasteiger partial charge in [0.2, 0.25) is 5.91 Å². The topological polar surface area (TPSA) is 75.6 Å². The van der Waals surface area contributed by atoms with Crippen LogP contribution in [0.4, 0.5) is 5.69 Å². The highest BCUT2D eigenvalue weighted by Crippen LogP contribution is 2.20. The van der Waals surface area contributed by atoms with Crippen molar-refractivity contribution in [1.29, 1.82) is 0 Å². The number of carbonyl (C=O) groups excluding carboxylic acids is 1. The average Bonchev–Trinajstić information content (AvgIpc) is 2.55. The third kappa shape index (κ3) is 6.02. The number of ether oxygens (including phenoxy) is 1. The molecule has 0 radical (unpaired) electrons. The van der Waals surface area contributed by atoms with Crippen molar-refractivity contribution in [2.75, 3.05) is 18.5 Å².